The standard InChI is InChI=1S/C10H11N3O2/c1-15-6-2-3-8-7(4-6)9(5-11)13-10(14)12-8/h2-4H,5,11H2,1H3,(H,12,13,14). The summed E-state index contributed by atoms with van der Waals surface area (Å²) < 4.78 is 5.09. The SMILES string of the molecule is COc1ccc2nc(=O)[nH]c(CN)c2c1. The van der Waals surface area contributed by atoms with Gasteiger partial charge in [-0.25, -0.2) is 4.79 Å². The summed E-state index contributed by atoms with van der Waals surface area (Å²) in [6.45, 7) is 0.265. The molecule has 0 aliphatic carbocycles. The third kappa shape index (κ3) is 1.69. The quantitative estimate of drug-likeness (QED) is 0.743. The Morgan fingerprint density at radius 2 is 2.33 bits per heavy atom. The van der Waals surface area contributed by atoms with Crippen LogP contribution in [-0.2, 0) is 6.54 Å². The number of nitrogens with one attached hydrogen (secondary N) is 1. The summed E-state index contributed by atoms with van der Waals surface area (Å²) in [6.07, 6.45) is 0. The van der Waals surface area contributed by atoms with E-state index in [0.29, 0.717) is 17.0 Å². The van der Waals surface area contributed by atoms with Gasteiger partial charge in [0.05, 0.1) is 12.6 Å². The van der Waals surface area contributed by atoms with Crippen molar-refractivity contribution in [2.24, 2.45) is 5.73 Å². The van der Waals surface area contributed by atoms with Crippen molar-refractivity contribution in [3.8, 4) is 5.75 Å². The number of methoxy groups -OCH3 is 1. The van der Waals surface area contributed by atoms with Crippen LogP contribution in [0.15, 0.2) is 23.0 Å². The summed E-state index contributed by atoms with van der Waals surface area (Å²) in [4.78, 5) is 17.6. The molecule has 0 aliphatic heterocycles. The number of aromatic nitrogens is 2. The van der Waals surface area contributed by atoms with Crippen molar-refractivity contribution in [3.63, 3.8) is 0 Å². The Balaban J connectivity index is 2.79. The van der Waals surface area contributed by atoms with Gasteiger partial charge in [0.25, 0.3) is 0 Å². The molecule has 0 radical (unpaired) electrons. The van der Waals surface area contributed by atoms with Crippen LogP contribution in [0.3, 0.4) is 0 Å². The van der Waals surface area contributed by atoms with Crippen molar-refractivity contribution >= 4 is 10.9 Å². The third-order valence-electron chi connectivity index (χ3n) is 2.21. The first kappa shape index (κ1) is 9.67. The number of nitrogens with zero attached hydrogens (tertiary/aromatic N) is 1. The van der Waals surface area contributed by atoms with Crippen LogP contribution in [0.25, 0.3) is 10.9 Å². The minimum atomic E-state index is -0.381. The van der Waals surface area contributed by atoms with Gasteiger partial charge in [-0.3, -0.25) is 0 Å². The highest BCUT2D eigenvalue weighted by atomic mass is 16.5. The van der Waals surface area contributed by atoms with Gasteiger partial charge in [0.2, 0.25) is 0 Å². The lowest BCUT2D eigenvalue weighted by atomic mass is 10.2. The first-order chi connectivity index (χ1) is 7.24. The smallest absolute Gasteiger partial charge is 0.345 e. The number of H-pyrrole nitrogens is 1. The van der Waals surface area contributed by atoms with Crippen LogP contribution in [0.1, 0.15) is 5.69 Å². The molecule has 0 saturated heterocycles. The van der Waals surface area contributed by atoms with Crippen molar-refractivity contribution in [1.82, 2.24) is 9.97 Å². The van der Waals surface area contributed by atoms with E-state index in [0.717, 1.165) is 5.39 Å². The molecule has 0 amide bonds. The minimum absolute atomic E-state index is 0.265. The number of rotatable bonds is 2. The molecule has 5 nitrogen and oxygen atoms in total. The van der Waals surface area contributed by atoms with E-state index in [4.69, 9.17) is 10.5 Å². The van der Waals surface area contributed by atoms with Crippen molar-refractivity contribution in [3.05, 3.63) is 34.4 Å². The van der Waals surface area contributed by atoms with E-state index >= 15 is 0 Å². The number of nitrogens with two attached hydrogens (primary N) is 1. The van der Waals surface area contributed by atoms with Crippen LogP contribution in [0.5, 0.6) is 5.75 Å². The van der Waals surface area contributed by atoms with Crippen LogP contribution in [-0.4, -0.2) is 17.1 Å². The second-order valence-electron chi connectivity index (χ2n) is 3.11. The molecule has 1 aromatic heterocycles. The van der Waals surface area contributed by atoms with E-state index < -0.39 is 0 Å². The number of benzene rings is 1. The van der Waals surface area contributed by atoms with Crippen LogP contribution >= 0.6 is 0 Å². The molecular formula is C10H11N3O2. The first-order valence-electron chi connectivity index (χ1n) is 4.51. The zero-order chi connectivity index (χ0) is 10.8. The van der Waals surface area contributed by atoms with Gasteiger partial charge in [-0.15, -0.1) is 0 Å². The Morgan fingerprint density at radius 1 is 1.53 bits per heavy atom. The van der Waals surface area contributed by atoms with Gasteiger partial charge in [-0.1, -0.05) is 0 Å². The monoisotopic (exact) mass is 205 g/mol. The Hall–Kier alpha value is -1.88. The van der Waals surface area contributed by atoms with Crippen molar-refractivity contribution in [2.75, 3.05) is 7.11 Å². The van der Waals surface area contributed by atoms with Gasteiger partial charge >= 0.3 is 5.69 Å². The maximum atomic E-state index is 11.2. The van der Waals surface area contributed by atoms with Crippen LogP contribution < -0.4 is 16.2 Å². The lowest BCUT2D eigenvalue weighted by Gasteiger charge is -2.05. The summed E-state index contributed by atoms with van der Waals surface area (Å²) in [6, 6.07) is 5.30. The summed E-state index contributed by atoms with van der Waals surface area (Å²) in [5.74, 6) is 0.714. The molecule has 0 fully saturated rings. The highest BCUT2D eigenvalue weighted by molar-refractivity contribution is 5.82. The summed E-state index contributed by atoms with van der Waals surface area (Å²) >= 11 is 0. The number of hydrogen-bond donors (Lipinski definition) is 2. The number of hydrogen-bond acceptors (Lipinski definition) is 4. The molecule has 3 N–H and O–H groups in total. The van der Waals surface area contributed by atoms with Gasteiger partial charge < -0.3 is 15.5 Å². The molecule has 0 atom stereocenters. The predicted octanol–water partition coefficient (Wildman–Crippen LogP) is 0.390. The molecule has 1 heterocycles. The largest absolute Gasteiger partial charge is 0.497 e. The fourth-order valence-electron chi connectivity index (χ4n) is 1.48. The molecular weight excluding hydrogens is 194 g/mol. The van der Waals surface area contributed by atoms with Gasteiger partial charge in [-0.2, -0.15) is 4.98 Å². The minimum Gasteiger partial charge on any atom is -0.497 e. The average molecular weight is 205 g/mol. The fraction of sp³-hybridized carbons (Fsp3) is 0.200. The van der Waals surface area contributed by atoms with Crippen LogP contribution in [0.2, 0.25) is 0 Å². The predicted molar refractivity (Wildman–Crippen MR) is 56.8 cm³/mol. The van der Waals surface area contributed by atoms with Gasteiger partial charge in [-0.05, 0) is 18.2 Å². The molecule has 0 spiro atoms. The first-order valence-corrected chi connectivity index (χ1v) is 4.51. The molecule has 0 aliphatic rings. The van der Waals surface area contributed by atoms with E-state index in [9.17, 15) is 4.79 Å². The van der Waals surface area contributed by atoms with Crippen molar-refractivity contribution in [2.45, 2.75) is 6.54 Å². The normalized spacial score (nSPS) is 10.5. The lowest BCUT2D eigenvalue weighted by molar-refractivity contribution is 0.415. The highest BCUT2D eigenvalue weighted by Crippen LogP contribution is 2.19. The van der Waals surface area contributed by atoms with E-state index in [1.165, 1.54) is 0 Å². The molecule has 78 valence electrons. The lowest BCUT2D eigenvalue weighted by Crippen LogP contribution is -2.15. The Morgan fingerprint density at radius 3 is 3.00 bits per heavy atom. The third-order valence-corrected chi connectivity index (χ3v) is 2.21. The van der Waals surface area contributed by atoms with E-state index in [-0.39, 0.29) is 12.2 Å². The second kappa shape index (κ2) is 3.70. The Kier molecular flexibility index (Phi) is 2.39. The molecule has 0 saturated carbocycles. The van der Waals surface area contributed by atoms with E-state index in [2.05, 4.69) is 9.97 Å². The van der Waals surface area contributed by atoms with Gasteiger partial charge in [0, 0.05) is 17.6 Å². The zero-order valence-corrected chi connectivity index (χ0v) is 8.28. The molecule has 0 unspecified atom stereocenters. The van der Waals surface area contributed by atoms with Crippen molar-refractivity contribution < 1.29 is 4.74 Å². The molecule has 2 rings (SSSR count). The molecule has 0 bridgehead atoms. The topological polar surface area (TPSA) is 81.0 Å². The number of ether oxygens (including phenoxy) is 1. The number of fused-ring (bicyclic) bond motifs is 1. The molecule has 5 heteroatoms. The number of aromatic amines is 1. The molecule has 1 aromatic carbocycles. The maximum absolute atomic E-state index is 11.2. The molecule has 2 aromatic rings. The average Bonchev–Trinajstić information content (AvgIpc) is 2.27. The Bertz CT molecular complexity index is 548. The summed E-state index contributed by atoms with van der Waals surface area (Å²) in [5.41, 5.74) is 6.45. The fourth-order valence-corrected chi connectivity index (χ4v) is 1.48. The molecule has 15 heavy (non-hydrogen) atoms. The van der Waals surface area contributed by atoms with Crippen molar-refractivity contribution in [1.29, 1.82) is 0 Å². The highest BCUT2D eigenvalue weighted by Gasteiger charge is 2.04. The van der Waals surface area contributed by atoms with Crippen LogP contribution in [0, 0.1) is 0 Å². The Labute approximate surface area is 85.9 Å². The zero-order valence-electron chi connectivity index (χ0n) is 8.28. The van der Waals surface area contributed by atoms with Gasteiger partial charge in [0.1, 0.15) is 5.75 Å². The van der Waals surface area contributed by atoms with Gasteiger partial charge in [0.15, 0.2) is 0 Å². The van der Waals surface area contributed by atoms with Crippen LogP contribution in [0.4, 0.5) is 0 Å². The maximum Gasteiger partial charge on any atom is 0.345 e. The van der Waals surface area contributed by atoms with E-state index in [1.807, 2.05) is 0 Å². The summed E-state index contributed by atoms with van der Waals surface area (Å²) in [7, 11) is 1.59. The summed E-state index contributed by atoms with van der Waals surface area (Å²) in [5, 5.41) is 0.816. The van der Waals surface area contributed by atoms with E-state index in [1.54, 1.807) is 25.3 Å². The second-order valence-corrected chi connectivity index (χ2v) is 3.11.